The summed E-state index contributed by atoms with van der Waals surface area (Å²) in [6.07, 6.45) is 0. The van der Waals surface area contributed by atoms with Crippen LogP contribution in [0.4, 0.5) is 5.69 Å². The summed E-state index contributed by atoms with van der Waals surface area (Å²) in [6.45, 7) is 1.99. The average Bonchev–Trinajstić information content (AvgIpc) is 3.28. The molecule has 0 unspecified atom stereocenters. The van der Waals surface area contributed by atoms with E-state index in [-0.39, 0.29) is 5.91 Å². The lowest BCUT2D eigenvalue weighted by molar-refractivity contribution is 0.102. The number of aromatic nitrogens is 1. The fraction of sp³-hybridized carbons (Fsp3) is 0.100. The van der Waals surface area contributed by atoms with Gasteiger partial charge in [-0.25, -0.2) is 4.98 Å². The monoisotopic (exact) mass is 396 g/mol. The van der Waals surface area contributed by atoms with Gasteiger partial charge in [0, 0.05) is 21.2 Å². The molecule has 0 spiro atoms. The third-order valence-corrected chi connectivity index (χ3v) is 6.95. The number of nitrogens with zero attached hydrogens (tertiary/aromatic N) is 1. The Labute approximate surface area is 164 Å². The molecule has 1 amide bonds. The summed E-state index contributed by atoms with van der Waals surface area (Å²) in [4.78, 5) is 19.6. The number of hydrogen-bond donors (Lipinski definition) is 1. The van der Waals surface area contributed by atoms with E-state index in [1.165, 1.54) is 4.88 Å². The summed E-state index contributed by atoms with van der Waals surface area (Å²) in [5, 5.41) is 6.12. The van der Waals surface area contributed by atoms with Gasteiger partial charge in [0.15, 0.2) is 0 Å². The standard InChI is InChI=1S/C20H16N2OS3/c1-13-21-17-9-8-14(11-19(17)26-13)22-20(23)16-6-2-3-7-18(16)25-12-15-5-4-10-24-15/h2-11H,12H2,1H3,(H,22,23). The van der Waals surface area contributed by atoms with Crippen LogP contribution >= 0.6 is 34.4 Å². The lowest BCUT2D eigenvalue weighted by Crippen LogP contribution is -2.12. The molecule has 6 heteroatoms. The average molecular weight is 397 g/mol. The van der Waals surface area contributed by atoms with E-state index in [0.29, 0.717) is 5.56 Å². The Kier molecular flexibility index (Phi) is 5.06. The molecule has 4 aromatic rings. The Morgan fingerprint density at radius 2 is 2.04 bits per heavy atom. The van der Waals surface area contributed by atoms with E-state index in [2.05, 4.69) is 27.8 Å². The molecule has 2 aromatic carbocycles. The maximum Gasteiger partial charge on any atom is 0.256 e. The third kappa shape index (κ3) is 3.82. The summed E-state index contributed by atoms with van der Waals surface area (Å²) < 4.78 is 1.08. The summed E-state index contributed by atoms with van der Waals surface area (Å²) in [5.41, 5.74) is 2.47. The van der Waals surface area contributed by atoms with Crippen molar-refractivity contribution in [2.45, 2.75) is 17.6 Å². The van der Waals surface area contributed by atoms with Gasteiger partial charge in [0.1, 0.15) is 0 Å². The third-order valence-electron chi connectivity index (χ3n) is 3.83. The number of carbonyl (C=O) groups is 1. The lowest BCUT2D eigenvalue weighted by atomic mass is 10.2. The molecular weight excluding hydrogens is 380 g/mol. The molecule has 3 nitrogen and oxygen atoms in total. The number of carbonyl (C=O) groups excluding carboxylic acids is 1. The van der Waals surface area contributed by atoms with Gasteiger partial charge in [0.25, 0.3) is 5.91 Å². The molecule has 2 aromatic heterocycles. The van der Waals surface area contributed by atoms with Crippen molar-refractivity contribution in [3.8, 4) is 0 Å². The van der Waals surface area contributed by atoms with E-state index >= 15 is 0 Å². The van der Waals surface area contributed by atoms with Crippen LogP contribution in [0.2, 0.25) is 0 Å². The van der Waals surface area contributed by atoms with Gasteiger partial charge < -0.3 is 5.32 Å². The molecule has 0 aliphatic carbocycles. The van der Waals surface area contributed by atoms with Crippen LogP contribution in [0.5, 0.6) is 0 Å². The number of thiazole rings is 1. The molecule has 2 heterocycles. The van der Waals surface area contributed by atoms with Crippen molar-refractivity contribution in [3.05, 3.63) is 75.4 Å². The van der Waals surface area contributed by atoms with Gasteiger partial charge >= 0.3 is 0 Å². The largest absolute Gasteiger partial charge is 0.322 e. The first-order valence-corrected chi connectivity index (χ1v) is 10.8. The number of nitrogens with one attached hydrogen (secondary N) is 1. The second kappa shape index (κ2) is 7.61. The minimum atomic E-state index is -0.0835. The first-order valence-electron chi connectivity index (χ1n) is 8.12. The van der Waals surface area contributed by atoms with Crippen LogP contribution in [0.1, 0.15) is 20.2 Å². The highest BCUT2D eigenvalue weighted by molar-refractivity contribution is 7.98. The highest BCUT2D eigenvalue weighted by Gasteiger charge is 2.13. The maximum absolute atomic E-state index is 12.8. The van der Waals surface area contributed by atoms with Gasteiger partial charge in [-0.15, -0.1) is 34.4 Å². The van der Waals surface area contributed by atoms with Crippen LogP contribution in [-0.2, 0) is 5.75 Å². The number of amides is 1. The Hall–Kier alpha value is -2.15. The van der Waals surface area contributed by atoms with Gasteiger partial charge in [-0.3, -0.25) is 4.79 Å². The van der Waals surface area contributed by atoms with Gasteiger partial charge in [-0.05, 0) is 48.7 Å². The van der Waals surface area contributed by atoms with Crippen LogP contribution in [0, 0.1) is 6.92 Å². The Bertz CT molecular complexity index is 1050. The lowest BCUT2D eigenvalue weighted by Gasteiger charge is -2.09. The number of benzene rings is 2. The molecule has 4 rings (SSSR count). The van der Waals surface area contributed by atoms with Gasteiger partial charge in [-0.1, -0.05) is 18.2 Å². The van der Waals surface area contributed by atoms with Crippen LogP contribution in [-0.4, -0.2) is 10.9 Å². The Balaban J connectivity index is 1.53. The van der Waals surface area contributed by atoms with Crippen molar-refractivity contribution < 1.29 is 4.79 Å². The van der Waals surface area contributed by atoms with Crippen molar-refractivity contribution in [1.29, 1.82) is 0 Å². The highest BCUT2D eigenvalue weighted by atomic mass is 32.2. The molecule has 130 valence electrons. The van der Waals surface area contributed by atoms with E-state index < -0.39 is 0 Å². The second-order valence-electron chi connectivity index (χ2n) is 5.73. The van der Waals surface area contributed by atoms with Crippen LogP contribution < -0.4 is 5.32 Å². The number of anilines is 1. The number of thioether (sulfide) groups is 1. The Morgan fingerprint density at radius 3 is 2.88 bits per heavy atom. The SMILES string of the molecule is Cc1nc2ccc(NC(=O)c3ccccc3SCc3cccs3)cc2s1. The van der Waals surface area contributed by atoms with Crippen molar-refractivity contribution >= 4 is 56.2 Å². The quantitative estimate of drug-likeness (QED) is 0.408. The van der Waals surface area contributed by atoms with Crippen LogP contribution in [0.15, 0.2) is 64.9 Å². The predicted octanol–water partition coefficient (Wildman–Crippen LogP) is 6.21. The normalized spacial score (nSPS) is 11.0. The zero-order chi connectivity index (χ0) is 17.9. The van der Waals surface area contributed by atoms with Gasteiger partial charge in [0.05, 0.1) is 20.8 Å². The van der Waals surface area contributed by atoms with Crippen molar-refractivity contribution in [2.75, 3.05) is 5.32 Å². The first-order chi connectivity index (χ1) is 12.7. The van der Waals surface area contributed by atoms with Crippen molar-refractivity contribution in [2.24, 2.45) is 0 Å². The van der Waals surface area contributed by atoms with Crippen LogP contribution in [0.25, 0.3) is 10.2 Å². The number of thiophene rings is 1. The summed E-state index contributed by atoms with van der Waals surface area (Å²) in [7, 11) is 0. The molecule has 0 atom stereocenters. The highest BCUT2D eigenvalue weighted by Crippen LogP contribution is 2.29. The molecule has 0 saturated heterocycles. The summed E-state index contributed by atoms with van der Waals surface area (Å²) in [6, 6.07) is 17.8. The molecule has 0 aliphatic heterocycles. The molecule has 0 saturated carbocycles. The van der Waals surface area contributed by atoms with Crippen molar-refractivity contribution in [1.82, 2.24) is 4.98 Å². The number of fused-ring (bicyclic) bond motifs is 1. The van der Waals surface area contributed by atoms with E-state index in [1.807, 2.05) is 49.4 Å². The van der Waals surface area contributed by atoms with Crippen LogP contribution in [0.3, 0.4) is 0 Å². The van der Waals surface area contributed by atoms with Crippen molar-refractivity contribution in [3.63, 3.8) is 0 Å². The second-order valence-corrected chi connectivity index (χ2v) is 9.02. The minimum absolute atomic E-state index is 0.0835. The summed E-state index contributed by atoms with van der Waals surface area (Å²) >= 11 is 5.06. The van der Waals surface area contributed by atoms with E-state index in [0.717, 1.165) is 31.6 Å². The van der Waals surface area contributed by atoms with E-state index in [4.69, 9.17) is 0 Å². The van der Waals surface area contributed by atoms with E-state index in [1.54, 1.807) is 34.4 Å². The number of rotatable bonds is 5. The summed E-state index contributed by atoms with van der Waals surface area (Å²) in [5.74, 6) is 0.786. The topological polar surface area (TPSA) is 42.0 Å². The Morgan fingerprint density at radius 1 is 1.15 bits per heavy atom. The molecule has 0 fully saturated rings. The van der Waals surface area contributed by atoms with Gasteiger partial charge in [0.2, 0.25) is 0 Å². The molecule has 1 N–H and O–H groups in total. The fourth-order valence-corrected chi connectivity index (χ4v) is 5.33. The maximum atomic E-state index is 12.8. The first kappa shape index (κ1) is 17.3. The molecule has 0 bridgehead atoms. The molecule has 26 heavy (non-hydrogen) atoms. The molecular formula is C20H16N2OS3. The number of hydrogen-bond acceptors (Lipinski definition) is 5. The van der Waals surface area contributed by atoms with Gasteiger partial charge in [-0.2, -0.15) is 0 Å². The van der Waals surface area contributed by atoms with E-state index in [9.17, 15) is 4.79 Å². The predicted molar refractivity (Wildman–Crippen MR) is 113 cm³/mol. The smallest absolute Gasteiger partial charge is 0.256 e. The molecule has 0 radical (unpaired) electrons. The zero-order valence-electron chi connectivity index (χ0n) is 14.1. The molecule has 0 aliphatic rings. The number of aryl methyl sites for hydroxylation is 1. The zero-order valence-corrected chi connectivity index (χ0v) is 16.5. The minimum Gasteiger partial charge on any atom is -0.322 e. The fourth-order valence-electron chi connectivity index (χ4n) is 2.64.